The van der Waals surface area contributed by atoms with Crippen LogP contribution in [0.25, 0.3) is 34.4 Å². The van der Waals surface area contributed by atoms with Crippen LogP contribution in [0, 0.1) is 20.8 Å². The molecule has 166 valence electrons. The summed E-state index contributed by atoms with van der Waals surface area (Å²) in [6.07, 6.45) is 0. The fourth-order valence-corrected chi connectivity index (χ4v) is 3.50. The highest BCUT2D eigenvalue weighted by atomic mass is 16.5. The maximum atomic E-state index is 5.91. The van der Waals surface area contributed by atoms with Crippen molar-refractivity contribution in [3.8, 4) is 40.2 Å². The predicted octanol–water partition coefficient (Wildman–Crippen LogP) is 4.63. The normalized spacial score (nSPS) is 11.2. The van der Waals surface area contributed by atoms with E-state index < -0.39 is 0 Å². The van der Waals surface area contributed by atoms with E-state index in [0.717, 1.165) is 22.5 Å². The van der Waals surface area contributed by atoms with Crippen molar-refractivity contribution in [3.63, 3.8) is 0 Å². The van der Waals surface area contributed by atoms with Crippen molar-refractivity contribution in [1.29, 1.82) is 0 Å². The van der Waals surface area contributed by atoms with Crippen LogP contribution in [0.4, 0.5) is 0 Å². The van der Waals surface area contributed by atoms with Crippen molar-refractivity contribution < 1.29 is 13.7 Å². The van der Waals surface area contributed by atoms with Gasteiger partial charge >= 0.3 is 0 Å². The van der Waals surface area contributed by atoms with Crippen molar-refractivity contribution >= 4 is 0 Å². The van der Waals surface area contributed by atoms with E-state index in [1.165, 1.54) is 5.56 Å². The number of methoxy groups -OCH3 is 1. The number of para-hydroxylation sites is 1. The van der Waals surface area contributed by atoms with Crippen LogP contribution in [0.2, 0.25) is 0 Å². The largest absolute Gasteiger partial charge is 0.496 e. The van der Waals surface area contributed by atoms with Crippen LogP contribution in [0.5, 0.6) is 5.75 Å². The first-order valence-corrected chi connectivity index (χ1v) is 10.4. The van der Waals surface area contributed by atoms with Gasteiger partial charge in [0.1, 0.15) is 17.2 Å². The molecule has 0 spiro atoms. The van der Waals surface area contributed by atoms with E-state index in [-0.39, 0.29) is 0 Å². The van der Waals surface area contributed by atoms with Crippen molar-refractivity contribution in [2.75, 3.05) is 7.11 Å². The molecule has 0 atom stereocenters. The summed E-state index contributed by atoms with van der Waals surface area (Å²) in [6.45, 7) is 6.20. The van der Waals surface area contributed by atoms with E-state index in [1.807, 2.05) is 69.3 Å². The summed E-state index contributed by atoms with van der Waals surface area (Å²) in [7, 11) is 1.62. The molecule has 3 aromatic heterocycles. The van der Waals surface area contributed by atoms with Crippen LogP contribution >= 0.6 is 0 Å². The van der Waals surface area contributed by atoms with E-state index in [9.17, 15) is 0 Å². The van der Waals surface area contributed by atoms with E-state index in [2.05, 4.69) is 25.4 Å². The van der Waals surface area contributed by atoms with Crippen LogP contribution < -0.4 is 4.74 Å². The number of benzene rings is 2. The van der Waals surface area contributed by atoms with Crippen LogP contribution in [0.1, 0.15) is 22.7 Å². The minimum absolute atomic E-state index is 0.320. The topological polar surface area (TPSA) is 105 Å². The molecule has 0 saturated heterocycles. The second-order valence-corrected chi connectivity index (χ2v) is 7.69. The lowest BCUT2D eigenvalue weighted by Gasteiger charge is -2.03. The third-order valence-electron chi connectivity index (χ3n) is 5.45. The molecule has 2 aromatic carbocycles. The van der Waals surface area contributed by atoms with E-state index in [0.29, 0.717) is 41.4 Å². The molecule has 0 saturated carbocycles. The van der Waals surface area contributed by atoms with Gasteiger partial charge in [-0.05, 0) is 32.9 Å². The molecule has 5 rings (SSSR count). The van der Waals surface area contributed by atoms with Crippen molar-refractivity contribution in [2.45, 2.75) is 27.3 Å². The molecule has 0 aliphatic rings. The number of aryl methyl sites for hydroxylation is 2. The summed E-state index contributed by atoms with van der Waals surface area (Å²) >= 11 is 0. The molecule has 9 heteroatoms. The first-order chi connectivity index (χ1) is 16.0. The Kier molecular flexibility index (Phi) is 5.21. The predicted molar refractivity (Wildman–Crippen MR) is 121 cm³/mol. The quantitative estimate of drug-likeness (QED) is 0.375. The van der Waals surface area contributed by atoms with Crippen LogP contribution in [-0.2, 0) is 6.54 Å². The Balaban J connectivity index is 1.41. The van der Waals surface area contributed by atoms with Crippen molar-refractivity contribution in [1.82, 2.24) is 30.1 Å². The lowest BCUT2D eigenvalue weighted by atomic mass is 10.1. The average Bonchev–Trinajstić information content (AvgIpc) is 3.54. The van der Waals surface area contributed by atoms with Gasteiger partial charge in [0.05, 0.1) is 24.9 Å². The maximum absolute atomic E-state index is 5.91. The maximum Gasteiger partial charge on any atom is 0.280 e. The zero-order valence-corrected chi connectivity index (χ0v) is 18.7. The van der Waals surface area contributed by atoms with Gasteiger partial charge in [-0.25, -0.2) is 9.67 Å². The Morgan fingerprint density at radius 3 is 2.52 bits per heavy atom. The summed E-state index contributed by atoms with van der Waals surface area (Å²) in [6, 6.07) is 15.5. The van der Waals surface area contributed by atoms with Gasteiger partial charge < -0.3 is 13.7 Å². The number of ether oxygens (including phenoxy) is 1. The van der Waals surface area contributed by atoms with Crippen LogP contribution in [0.15, 0.2) is 57.5 Å². The Morgan fingerprint density at radius 1 is 0.939 bits per heavy atom. The molecule has 0 aliphatic heterocycles. The highest BCUT2D eigenvalue weighted by Crippen LogP contribution is 2.31. The fraction of sp³-hybridized carbons (Fsp3) is 0.208. The summed E-state index contributed by atoms with van der Waals surface area (Å²) in [4.78, 5) is 9.17. The number of nitrogens with zero attached hydrogens (tertiary/aromatic N) is 6. The molecule has 0 unspecified atom stereocenters. The summed E-state index contributed by atoms with van der Waals surface area (Å²) in [5, 5.41) is 12.6. The lowest BCUT2D eigenvalue weighted by molar-refractivity contribution is 0.414. The third kappa shape index (κ3) is 3.89. The number of rotatable bonds is 6. The Bertz CT molecular complexity index is 1410. The molecular formula is C24H22N6O3. The molecule has 33 heavy (non-hydrogen) atoms. The van der Waals surface area contributed by atoms with Gasteiger partial charge in [-0.15, -0.1) is 5.10 Å². The van der Waals surface area contributed by atoms with Gasteiger partial charge in [0.25, 0.3) is 5.89 Å². The molecule has 5 aromatic rings. The van der Waals surface area contributed by atoms with E-state index >= 15 is 0 Å². The summed E-state index contributed by atoms with van der Waals surface area (Å²) in [5.41, 5.74) is 4.91. The Labute approximate surface area is 190 Å². The molecule has 0 amide bonds. The number of hydrogen-bond donors (Lipinski definition) is 0. The molecule has 0 fully saturated rings. The number of oxazole rings is 1. The highest BCUT2D eigenvalue weighted by Gasteiger charge is 2.21. The van der Waals surface area contributed by atoms with Crippen molar-refractivity contribution in [2.24, 2.45) is 0 Å². The number of aromatic nitrogens is 6. The van der Waals surface area contributed by atoms with Gasteiger partial charge in [-0.2, -0.15) is 4.98 Å². The molecule has 9 nitrogen and oxygen atoms in total. The van der Waals surface area contributed by atoms with E-state index in [1.54, 1.807) is 11.8 Å². The second kappa shape index (κ2) is 8.34. The second-order valence-electron chi connectivity index (χ2n) is 7.69. The van der Waals surface area contributed by atoms with Gasteiger partial charge in [0.2, 0.25) is 11.7 Å². The van der Waals surface area contributed by atoms with Gasteiger partial charge in [0.15, 0.2) is 5.69 Å². The Hall–Kier alpha value is -4.27. The highest BCUT2D eigenvalue weighted by molar-refractivity contribution is 5.63. The monoisotopic (exact) mass is 442 g/mol. The summed E-state index contributed by atoms with van der Waals surface area (Å²) in [5.74, 6) is 2.73. The molecule has 0 N–H and O–H groups in total. The SMILES string of the molecule is COc1ccccc1-c1nc(Cn2nnc(-c3nc(-c4ccc(C)cc4)no3)c2C)c(C)o1. The lowest BCUT2D eigenvalue weighted by Crippen LogP contribution is -2.05. The molecule has 0 radical (unpaired) electrons. The average molecular weight is 442 g/mol. The van der Waals surface area contributed by atoms with Crippen LogP contribution in [0.3, 0.4) is 0 Å². The Morgan fingerprint density at radius 2 is 1.73 bits per heavy atom. The first-order valence-electron chi connectivity index (χ1n) is 10.4. The first kappa shape index (κ1) is 20.6. The summed E-state index contributed by atoms with van der Waals surface area (Å²) < 4.78 is 18.5. The fourth-order valence-electron chi connectivity index (χ4n) is 3.50. The van der Waals surface area contributed by atoms with E-state index in [4.69, 9.17) is 13.7 Å². The molecular weight excluding hydrogens is 420 g/mol. The minimum atomic E-state index is 0.320. The number of hydrogen-bond acceptors (Lipinski definition) is 8. The zero-order valence-electron chi connectivity index (χ0n) is 18.7. The van der Waals surface area contributed by atoms with Crippen LogP contribution in [-0.4, -0.2) is 37.2 Å². The van der Waals surface area contributed by atoms with Gasteiger partial charge in [-0.1, -0.05) is 52.3 Å². The zero-order chi connectivity index (χ0) is 22.9. The minimum Gasteiger partial charge on any atom is -0.496 e. The smallest absolute Gasteiger partial charge is 0.280 e. The molecule has 0 aliphatic carbocycles. The van der Waals surface area contributed by atoms with Gasteiger partial charge in [-0.3, -0.25) is 0 Å². The molecule has 3 heterocycles. The van der Waals surface area contributed by atoms with Crippen molar-refractivity contribution in [3.05, 3.63) is 71.2 Å². The third-order valence-corrected chi connectivity index (χ3v) is 5.45. The standard InChI is InChI=1S/C24H22N6O3/c1-14-9-11-17(12-10-14)22-26-24(33-28-22)21-15(2)30(29-27-21)13-19-16(3)32-23(25-19)18-7-5-6-8-20(18)31-4/h5-12H,13H2,1-4H3. The molecule has 0 bridgehead atoms. The van der Waals surface area contributed by atoms with Gasteiger partial charge in [0, 0.05) is 5.56 Å².